The first-order chi connectivity index (χ1) is 11.6. The first kappa shape index (κ1) is 15.8. The first-order valence-electron chi connectivity index (χ1n) is 8.26. The zero-order valence-corrected chi connectivity index (χ0v) is 14.9. The number of ether oxygens (including phenoxy) is 1. The van der Waals surface area contributed by atoms with E-state index in [9.17, 15) is 4.79 Å². The third-order valence-electron chi connectivity index (χ3n) is 4.94. The Labute approximate surface area is 144 Å². The summed E-state index contributed by atoms with van der Waals surface area (Å²) in [5.74, 6) is 1.74. The van der Waals surface area contributed by atoms with Crippen molar-refractivity contribution in [2.24, 2.45) is 5.92 Å². The highest BCUT2D eigenvalue weighted by Crippen LogP contribution is 2.52. The summed E-state index contributed by atoms with van der Waals surface area (Å²) in [7, 11) is 1.68. The second kappa shape index (κ2) is 5.97. The molecule has 128 valence electrons. The van der Waals surface area contributed by atoms with Gasteiger partial charge in [0.2, 0.25) is 11.8 Å². The fraction of sp³-hybridized carbons (Fsp3) is 0.588. The molecule has 1 aliphatic heterocycles. The molecule has 0 bridgehead atoms. The van der Waals surface area contributed by atoms with Gasteiger partial charge in [0.05, 0.1) is 6.10 Å². The summed E-state index contributed by atoms with van der Waals surface area (Å²) in [5.41, 5.74) is 0. The number of nitrogens with zero attached hydrogens (tertiary/aromatic N) is 3. The van der Waals surface area contributed by atoms with E-state index in [2.05, 4.69) is 29.2 Å². The number of aromatic nitrogens is 2. The van der Waals surface area contributed by atoms with Crippen molar-refractivity contribution in [3.05, 3.63) is 33.6 Å². The molecule has 1 aliphatic carbocycles. The lowest BCUT2D eigenvalue weighted by atomic mass is 10.2. The number of likely N-dealkylation sites (tertiary alicyclic amines) is 1. The van der Waals surface area contributed by atoms with E-state index in [1.807, 2.05) is 4.90 Å². The summed E-state index contributed by atoms with van der Waals surface area (Å²) in [4.78, 5) is 21.9. The van der Waals surface area contributed by atoms with Crippen molar-refractivity contribution >= 4 is 17.2 Å². The Kier molecular flexibility index (Phi) is 3.92. The van der Waals surface area contributed by atoms with Gasteiger partial charge in [0, 0.05) is 41.7 Å². The number of carbonyl (C=O) groups excluding carboxylic acids is 1. The van der Waals surface area contributed by atoms with Gasteiger partial charge in [-0.3, -0.25) is 4.79 Å². The van der Waals surface area contributed by atoms with Crippen molar-refractivity contribution in [1.29, 1.82) is 0 Å². The Morgan fingerprint density at radius 2 is 2.21 bits per heavy atom. The minimum absolute atomic E-state index is 0.0207. The number of hydrogen-bond donors (Lipinski definition) is 0. The lowest BCUT2D eigenvalue weighted by molar-refractivity contribution is -0.134. The fourth-order valence-corrected chi connectivity index (χ4v) is 4.60. The highest BCUT2D eigenvalue weighted by Gasteiger charge is 2.50. The average Bonchev–Trinajstić information content (AvgIpc) is 2.90. The summed E-state index contributed by atoms with van der Waals surface area (Å²) >= 11 is 1.79. The first-order valence-corrected chi connectivity index (χ1v) is 9.08. The predicted octanol–water partition coefficient (Wildman–Crippen LogP) is 2.84. The fourth-order valence-electron chi connectivity index (χ4n) is 3.54. The lowest BCUT2D eigenvalue weighted by Gasteiger charge is -2.21. The van der Waals surface area contributed by atoms with Gasteiger partial charge in [0.1, 0.15) is 6.04 Å². The molecule has 2 aromatic heterocycles. The van der Waals surface area contributed by atoms with E-state index < -0.39 is 0 Å². The van der Waals surface area contributed by atoms with E-state index in [0.29, 0.717) is 30.6 Å². The van der Waals surface area contributed by atoms with Crippen LogP contribution >= 0.6 is 11.3 Å². The molecule has 1 saturated carbocycles. The maximum absolute atomic E-state index is 13.0. The van der Waals surface area contributed by atoms with Crippen molar-refractivity contribution in [2.75, 3.05) is 13.7 Å². The number of hydrogen-bond acceptors (Lipinski definition) is 6. The monoisotopic (exact) mass is 347 g/mol. The van der Waals surface area contributed by atoms with E-state index in [-0.39, 0.29) is 24.0 Å². The molecule has 2 aliphatic rings. The number of aryl methyl sites for hydroxylation is 2. The molecule has 2 fully saturated rings. The van der Waals surface area contributed by atoms with Crippen LogP contribution < -0.4 is 0 Å². The summed E-state index contributed by atoms with van der Waals surface area (Å²) in [6.45, 7) is 4.48. The second-order valence-electron chi connectivity index (χ2n) is 6.68. The van der Waals surface area contributed by atoms with Crippen LogP contribution in [0.1, 0.15) is 46.3 Å². The molecule has 0 radical (unpaired) electrons. The molecular formula is C17H21N3O3S. The third kappa shape index (κ3) is 2.75. The Bertz CT molecular complexity index is 756. The topological polar surface area (TPSA) is 68.5 Å². The number of carbonyl (C=O) groups is 1. The Balaban J connectivity index is 1.52. The molecule has 0 aromatic carbocycles. The van der Waals surface area contributed by atoms with Gasteiger partial charge in [-0.05, 0) is 32.4 Å². The van der Waals surface area contributed by atoms with Crippen molar-refractivity contribution in [3.63, 3.8) is 0 Å². The van der Waals surface area contributed by atoms with E-state index in [0.717, 1.165) is 6.42 Å². The average molecular weight is 347 g/mol. The molecule has 4 rings (SSSR count). The van der Waals surface area contributed by atoms with Crippen LogP contribution in [0.2, 0.25) is 0 Å². The smallest absolute Gasteiger partial charge is 0.249 e. The van der Waals surface area contributed by atoms with Crippen molar-refractivity contribution in [3.8, 4) is 0 Å². The van der Waals surface area contributed by atoms with Crippen LogP contribution in [0.15, 0.2) is 16.7 Å². The minimum Gasteiger partial charge on any atom is -0.380 e. The van der Waals surface area contributed by atoms with Gasteiger partial charge in [-0.15, -0.1) is 11.3 Å². The molecule has 0 unspecified atom stereocenters. The van der Waals surface area contributed by atoms with E-state index in [1.165, 1.54) is 9.75 Å². The maximum atomic E-state index is 13.0. The van der Waals surface area contributed by atoms with Gasteiger partial charge in [-0.1, -0.05) is 5.16 Å². The van der Waals surface area contributed by atoms with Crippen LogP contribution in [0.3, 0.4) is 0 Å². The quantitative estimate of drug-likeness (QED) is 0.851. The zero-order chi connectivity index (χ0) is 16.8. The van der Waals surface area contributed by atoms with Crippen LogP contribution in [-0.4, -0.2) is 40.7 Å². The molecule has 1 saturated heterocycles. The Morgan fingerprint density at radius 3 is 2.83 bits per heavy atom. The Hall–Kier alpha value is -1.73. The second-order valence-corrected chi connectivity index (χ2v) is 8.00. The van der Waals surface area contributed by atoms with Crippen LogP contribution in [0.4, 0.5) is 0 Å². The van der Waals surface area contributed by atoms with Gasteiger partial charge in [0.25, 0.3) is 0 Å². The van der Waals surface area contributed by atoms with Crippen LogP contribution in [0.25, 0.3) is 0 Å². The predicted molar refractivity (Wildman–Crippen MR) is 88.8 cm³/mol. The standard InChI is InChI=1S/C17H21N3O3S/c1-9-4-5-15(24-9)12-7-13(12)17(21)20-8-11(22-3)6-14(20)16-18-10(2)19-23-16/h4-5,11-14H,6-8H2,1-3H3/t11-,12+,13-,14+/m0/s1. The molecule has 6 nitrogen and oxygen atoms in total. The normalized spacial score (nSPS) is 29.2. The Morgan fingerprint density at radius 1 is 1.38 bits per heavy atom. The van der Waals surface area contributed by atoms with Crippen LogP contribution in [0.5, 0.6) is 0 Å². The minimum atomic E-state index is -0.171. The number of rotatable bonds is 4. The number of methoxy groups -OCH3 is 1. The highest BCUT2D eigenvalue weighted by molar-refractivity contribution is 7.12. The van der Waals surface area contributed by atoms with Gasteiger partial charge in [0.15, 0.2) is 5.82 Å². The molecule has 1 amide bonds. The summed E-state index contributed by atoms with van der Waals surface area (Å²) in [6, 6.07) is 4.11. The largest absolute Gasteiger partial charge is 0.380 e. The summed E-state index contributed by atoms with van der Waals surface area (Å²) < 4.78 is 10.8. The zero-order valence-electron chi connectivity index (χ0n) is 14.1. The highest BCUT2D eigenvalue weighted by atomic mass is 32.1. The molecule has 4 atom stereocenters. The van der Waals surface area contributed by atoms with E-state index in [4.69, 9.17) is 9.26 Å². The SMILES string of the molecule is CO[C@H]1C[C@H](c2nc(C)no2)N(C(=O)[C@H]2C[C@H]2c2ccc(C)s2)C1. The molecule has 3 heterocycles. The summed E-state index contributed by atoms with van der Waals surface area (Å²) in [5, 5.41) is 3.87. The van der Waals surface area contributed by atoms with Crippen LogP contribution in [0, 0.1) is 19.8 Å². The van der Waals surface area contributed by atoms with Gasteiger partial charge in [-0.25, -0.2) is 0 Å². The van der Waals surface area contributed by atoms with Crippen molar-refractivity contribution in [1.82, 2.24) is 15.0 Å². The van der Waals surface area contributed by atoms with E-state index >= 15 is 0 Å². The molecule has 7 heteroatoms. The molecule has 24 heavy (non-hydrogen) atoms. The molecule has 0 spiro atoms. The lowest BCUT2D eigenvalue weighted by Crippen LogP contribution is -2.33. The van der Waals surface area contributed by atoms with Gasteiger partial charge >= 0.3 is 0 Å². The number of amides is 1. The van der Waals surface area contributed by atoms with Gasteiger partial charge in [-0.2, -0.15) is 4.98 Å². The molecule has 2 aromatic rings. The van der Waals surface area contributed by atoms with Gasteiger partial charge < -0.3 is 14.2 Å². The van der Waals surface area contributed by atoms with Crippen molar-refractivity contribution < 1.29 is 14.1 Å². The van der Waals surface area contributed by atoms with Crippen LogP contribution in [-0.2, 0) is 9.53 Å². The third-order valence-corrected chi connectivity index (χ3v) is 6.07. The number of thiophene rings is 1. The van der Waals surface area contributed by atoms with Crippen molar-refractivity contribution in [2.45, 2.75) is 44.8 Å². The molecule has 0 N–H and O–H groups in total. The summed E-state index contributed by atoms with van der Waals surface area (Å²) in [6.07, 6.45) is 1.66. The molecular weight excluding hydrogens is 326 g/mol. The van der Waals surface area contributed by atoms with E-state index in [1.54, 1.807) is 25.4 Å². The maximum Gasteiger partial charge on any atom is 0.249 e.